The van der Waals surface area contributed by atoms with E-state index in [1.807, 2.05) is 51.2 Å². The third kappa shape index (κ3) is 17.3. The van der Waals surface area contributed by atoms with E-state index in [0.29, 0.717) is 12.0 Å². The summed E-state index contributed by atoms with van der Waals surface area (Å²) in [5, 5.41) is 92.8. The topological polar surface area (TPSA) is 290 Å². The molecule has 0 aliphatic carbocycles. The molecule has 4 saturated heterocycles. The molecule has 4 fully saturated rings. The van der Waals surface area contributed by atoms with Crippen molar-refractivity contribution >= 4 is 5.97 Å². The Morgan fingerprint density at radius 3 is 2.03 bits per heavy atom. The zero-order valence-electron chi connectivity index (χ0n) is 49.1. The minimum atomic E-state index is -2.53. The third-order valence-electron chi connectivity index (χ3n) is 16.3. The van der Waals surface area contributed by atoms with Crippen LogP contribution in [0.15, 0.2) is 58.7 Å². The molecule has 0 aromatic carbocycles. The Morgan fingerprint density at radius 1 is 0.722 bits per heavy atom. The van der Waals surface area contributed by atoms with Gasteiger partial charge in [-0.3, -0.25) is 0 Å². The highest BCUT2D eigenvalue weighted by Gasteiger charge is 2.59. The summed E-state index contributed by atoms with van der Waals surface area (Å²) in [6.07, 6.45) is -8.51. The summed E-state index contributed by atoms with van der Waals surface area (Å²) in [6.45, 7) is 19.1. The van der Waals surface area contributed by atoms with Gasteiger partial charge in [0.2, 0.25) is 5.79 Å². The number of aliphatic hydroxyl groups is 8. The third-order valence-corrected chi connectivity index (χ3v) is 16.3. The van der Waals surface area contributed by atoms with Gasteiger partial charge < -0.3 is 97.7 Å². The van der Waals surface area contributed by atoms with Gasteiger partial charge >= 0.3 is 5.97 Å². The van der Waals surface area contributed by atoms with E-state index in [1.54, 1.807) is 47.6 Å². The fraction of sp³-hybridized carbons (Fsp3) is 0.810. The number of carbonyl (C=O) groups is 1. The second-order valence-corrected chi connectivity index (χ2v) is 23.0. The van der Waals surface area contributed by atoms with E-state index >= 15 is 0 Å². The van der Waals surface area contributed by atoms with Crippen LogP contribution in [-0.2, 0) is 61.6 Å². The standard InChI is InChI=1S/C58H96O21/c1-29-17-16-18-40(59)44(69-13)25-41(60)54(78-55(65)33(5)23-31(3)21-30(2)22-32(4)42(20-19-29)76-56-51(64)50(63)52(71-15)37(9)74-56)58(67)35(7)48(61)34(6)43(79-58)24-39(28-68-12)75-47-27-57(11,66)53(38(10)73-47)77-46-26-45(70-14)49(62)36(8)72-46/h17,19-23,32,34-54,56,59-64,66-67H,16,18,24-28H2,1-15H3/t32-,34+,35-,36-,37+,38+,39-,40+,41+,42-,43-,44+,45-,46+,47+,48+,49-,50+,51+,52+,53+,54-,56+,57+,58-/m1/s1. The molecule has 8 N–H and O–H groups in total. The van der Waals surface area contributed by atoms with Gasteiger partial charge in [-0.25, -0.2) is 4.79 Å². The van der Waals surface area contributed by atoms with Gasteiger partial charge in [0.05, 0.1) is 79.4 Å². The number of hydrogen-bond acceptors (Lipinski definition) is 21. The van der Waals surface area contributed by atoms with E-state index in [2.05, 4.69) is 0 Å². The lowest BCUT2D eigenvalue weighted by Crippen LogP contribution is -2.66. The van der Waals surface area contributed by atoms with Crippen molar-refractivity contribution in [3.05, 3.63) is 58.7 Å². The summed E-state index contributed by atoms with van der Waals surface area (Å²) in [6, 6.07) is 0. The second kappa shape index (κ2) is 29.8. The van der Waals surface area contributed by atoms with Gasteiger partial charge in [0.25, 0.3) is 0 Å². The number of cyclic esters (lactones) is 1. The van der Waals surface area contributed by atoms with Gasteiger partial charge in [-0.05, 0) is 74.3 Å². The molecule has 21 heteroatoms. The summed E-state index contributed by atoms with van der Waals surface area (Å²) in [5.74, 6) is -5.55. The number of methoxy groups -OCH3 is 4. The Balaban J connectivity index is 1.41. The molecule has 5 aliphatic rings. The van der Waals surface area contributed by atoms with Crippen LogP contribution in [0.25, 0.3) is 0 Å². The quantitative estimate of drug-likeness (QED) is 0.115. The average molecular weight is 1130 g/mol. The average Bonchev–Trinajstić information content (AvgIpc) is 3.41. The molecule has 0 spiro atoms. The molecule has 0 radical (unpaired) electrons. The summed E-state index contributed by atoms with van der Waals surface area (Å²) in [5.41, 5.74) is 0.889. The maximum atomic E-state index is 14.3. The maximum Gasteiger partial charge on any atom is 0.334 e. The highest BCUT2D eigenvalue weighted by molar-refractivity contribution is 5.88. The Bertz CT molecular complexity index is 2080. The number of esters is 1. The fourth-order valence-electron chi connectivity index (χ4n) is 11.6. The van der Waals surface area contributed by atoms with Crippen LogP contribution >= 0.6 is 0 Å². The summed E-state index contributed by atoms with van der Waals surface area (Å²) in [7, 11) is 5.79. The Kier molecular flexibility index (Phi) is 25.3. The highest BCUT2D eigenvalue weighted by Crippen LogP contribution is 2.44. The minimum absolute atomic E-state index is 0.000680. The van der Waals surface area contributed by atoms with Crippen molar-refractivity contribution in [1.82, 2.24) is 0 Å². The molecule has 5 rings (SSSR count). The molecule has 0 aromatic heterocycles. The van der Waals surface area contributed by atoms with E-state index in [9.17, 15) is 45.6 Å². The van der Waals surface area contributed by atoms with Crippen molar-refractivity contribution in [2.45, 2.75) is 249 Å². The van der Waals surface area contributed by atoms with Crippen molar-refractivity contribution < 1.29 is 102 Å². The molecule has 21 nitrogen and oxygen atoms in total. The van der Waals surface area contributed by atoms with Gasteiger partial charge in [-0.2, -0.15) is 0 Å². The van der Waals surface area contributed by atoms with Crippen LogP contribution in [0.2, 0.25) is 0 Å². The number of aliphatic hydroxyl groups excluding tert-OH is 6. The number of hydrogen-bond donors (Lipinski definition) is 8. The zero-order valence-corrected chi connectivity index (χ0v) is 49.1. The first kappa shape index (κ1) is 67.2. The van der Waals surface area contributed by atoms with E-state index in [1.165, 1.54) is 42.3 Å². The van der Waals surface area contributed by atoms with Crippen LogP contribution in [0.3, 0.4) is 0 Å². The normalized spacial score (nSPS) is 44.3. The number of rotatable bonds is 14. The lowest BCUT2D eigenvalue weighted by atomic mass is 9.76. The van der Waals surface area contributed by atoms with Crippen molar-refractivity contribution in [1.29, 1.82) is 0 Å². The number of allylic oxidation sites excluding steroid dienone is 7. The van der Waals surface area contributed by atoms with E-state index < -0.39 is 152 Å². The van der Waals surface area contributed by atoms with Crippen LogP contribution in [0.5, 0.6) is 0 Å². The van der Waals surface area contributed by atoms with E-state index in [4.69, 9.17) is 56.8 Å². The van der Waals surface area contributed by atoms with Gasteiger partial charge in [0.1, 0.15) is 30.5 Å². The van der Waals surface area contributed by atoms with Gasteiger partial charge in [-0.15, -0.1) is 0 Å². The largest absolute Gasteiger partial charge is 0.450 e. The predicted molar refractivity (Wildman–Crippen MR) is 288 cm³/mol. The highest BCUT2D eigenvalue weighted by atomic mass is 16.7. The molecule has 0 bridgehead atoms. The van der Waals surface area contributed by atoms with Crippen LogP contribution in [0, 0.1) is 17.8 Å². The van der Waals surface area contributed by atoms with E-state index in [0.717, 1.165) is 11.1 Å². The molecular formula is C58H96O21. The summed E-state index contributed by atoms with van der Waals surface area (Å²) < 4.78 is 72.2. The van der Waals surface area contributed by atoms with Gasteiger partial charge in [0.15, 0.2) is 25.0 Å². The van der Waals surface area contributed by atoms with Crippen molar-refractivity contribution in [3.63, 3.8) is 0 Å². The summed E-state index contributed by atoms with van der Waals surface area (Å²) in [4.78, 5) is 14.3. The van der Waals surface area contributed by atoms with Crippen molar-refractivity contribution in [2.75, 3.05) is 35.0 Å². The van der Waals surface area contributed by atoms with Crippen molar-refractivity contribution in [2.24, 2.45) is 17.8 Å². The smallest absolute Gasteiger partial charge is 0.334 e. The fourth-order valence-corrected chi connectivity index (χ4v) is 11.6. The van der Waals surface area contributed by atoms with Crippen molar-refractivity contribution in [3.8, 4) is 0 Å². The summed E-state index contributed by atoms with van der Waals surface area (Å²) >= 11 is 0. The first-order valence-electron chi connectivity index (χ1n) is 27.9. The zero-order chi connectivity index (χ0) is 58.8. The molecule has 5 heterocycles. The number of ether oxygens (including phenoxy) is 12. The van der Waals surface area contributed by atoms with Crippen LogP contribution in [0.4, 0.5) is 0 Å². The van der Waals surface area contributed by atoms with E-state index in [-0.39, 0.29) is 50.2 Å². The minimum Gasteiger partial charge on any atom is -0.450 e. The molecule has 25 atom stereocenters. The monoisotopic (exact) mass is 1130 g/mol. The Labute approximate surface area is 467 Å². The molecular weight excluding hydrogens is 1030 g/mol. The Morgan fingerprint density at radius 2 is 1.39 bits per heavy atom. The lowest BCUT2D eigenvalue weighted by Gasteiger charge is -2.52. The molecule has 454 valence electrons. The number of carbonyl (C=O) groups excluding carboxylic acids is 1. The Hall–Kier alpha value is -2.59. The maximum absolute atomic E-state index is 14.3. The first-order chi connectivity index (χ1) is 37.1. The first-order valence-corrected chi connectivity index (χ1v) is 27.9. The van der Waals surface area contributed by atoms with Crippen LogP contribution < -0.4 is 0 Å². The van der Waals surface area contributed by atoms with Crippen LogP contribution in [0.1, 0.15) is 115 Å². The lowest BCUT2D eigenvalue weighted by molar-refractivity contribution is -0.366. The van der Waals surface area contributed by atoms with Crippen LogP contribution in [-0.4, -0.2) is 216 Å². The molecule has 0 unspecified atom stereocenters. The molecule has 79 heavy (non-hydrogen) atoms. The SMILES string of the molecule is COC[C@@H](C[C@H]1O[C@@](O)([C@@H]2OC(=O)C(C)=CC(C)=CC(C)=C[C@@H](C)[C@H](O[C@@H]3O[C@@H](C)[C@H](OC)[C@@H](O)[C@@H]3O)C=CC(C)=CCC[C@H](O)[C@@H](OC)C[C@@H]2O)[C@H](C)[C@@H](O)[C@H]1C)O[C@H]1C[C@](C)(O)[C@@H](O[C@H]2C[C@@H](OC)[C@H](O)[C@@H](C)O2)[C@H](C)O1. The molecule has 0 saturated carbocycles. The molecule has 0 amide bonds. The predicted octanol–water partition coefficient (Wildman–Crippen LogP) is 3.59. The molecule has 0 aromatic rings. The van der Waals surface area contributed by atoms with Gasteiger partial charge in [-0.1, -0.05) is 67.9 Å². The second-order valence-electron chi connectivity index (χ2n) is 23.0. The van der Waals surface area contributed by atoms with Gasteiger partial charge in [0, 0.05) is 77.4 Å². The molecule has 5 aliphatic heterocycles.